The van der Waals surface area contributed by atoms with Crippen LogP contribution in [-0.2, 0) is 6.54 Å². The highest BCUT2D eigenvalue weighted by atomic mass is 32.1. The third-order valence-corrected chi connectivity index (χ3v) is 5.93. The van der Waals surface area contributed by atoms with Crippen LogP contribution in [-0.4, -0.2) is 40.6 Å². The highest BCUT2D eigenvalue weighted by Gasteiger charge is 2.28. The van der Waals surface area contributed by atoms with E-state index in [1.54, 1.807) is 31.4 Å². The molecule has 30 heavy (non-hydrogen) atoms. The number of carbonyl (C=O) groups excluding carboxylic acids is 1. The standard InChI is InChI=1S/C23H23N3O3S/c1-3-11-26-22(28)19-9-6-16(13-20(19)24-23(26)30)21(27)25-12-10-17(14-25)15-4-7-18(29-2)8-5-15/h3-9,13,17H,1,10-12,14H2,2H3,(H,24,30). The van der Waals surface area contributed by atoms with Crippen molar-refractivity contribution in [3.05, 3.63) is 81.4 Å². The number of hydrogen-bond donors (Lipinski definition) is 1. The lowest BCUT2D eigenvalue weighted by molar-refractivity contribution is 0.0791. The van der Waals surface area contributed by atoms with Crippen molar-refractivity contribution in [2.75, 3.05) is 20.2 Å². The average Bonchev–Trinajstić information content (AvgIpc) is 3.26. The van der Waals surface area contributed by atoms with Crippen LogP contribution in [0.25, 0.3) is 10.9 Å². The Bertz CT molecular complexity index is 1230. The summed E-state index contributed by atoms with van der Waals surface area (Å²) in [5.74, 6) is 1.09. The number of H-pyrrole nitrogens is 1. The van der Waals surface area contributed by atoms with Gasteiger partial charge >= 0.3 is 0 Å². The molecule has 1 N–H and O–H groups in total. The summed E-state index contributed by atoms with van der Waals surface area (Å²) in [5, 5.41) is 0.500. The summed E-state index contributed by atoms with van der Waals surface area (Å²) in [4.78, 5) is 30.7. The first kappa shape index (κ1) is 20.1. The molecule has 1 aliphatic rings. The van der Waals surface area contributed by atoms with Crippen molar-refractivity contribution in [3.63, 3.8) is 0 Å². The van der Waals surface area contributed by atoms with Gasteiger partial charge in [-0.15, -0.1) is 6.58 Å². The second-order valence-electron chi connectivity index (χ2n) is 7.40. The van der Waals surface area contributed by atoms with Crippen molar-refractivity contribution in [2.45, 2.75) is 18.9 Å². The first-order valence-corrected chi connectivity index (χ1v) is 10.2. The van der Waals surface area contributed by atoms with Gasteiger partial charge < -0.3 is 14.6 Å². The lowest BCUT2D eigenvalue weighted by Gasteiger charge is -2.17. The second-order valence-corrected chi connectivity index (χ2v) is 7.79. The molecule has 1 unspecified atom stereocenters. The smallest absolute Gasteiger partial charge is 0.262 e. The number of likely N-dealkylation sites (tertiary alicyclic amines) is 1. The maximum atomic E-state index is 13.1. The number of aromatic nitrogens is 2. The molecule has 7 heteroatoms. The molecule has 2 aromatic carbocycles. The van der Waals surface area contributed by atoms with E-state index < -0.39 is 0 Å². The van der Waals surface area contributed by atoms with Gasteiger partial charge in [-0.3, -0.25) is 14.2 Å². The monoisotopic (exact) mass is 421 g/mol. The Morgan fingerprint density at radius 3 is 2.77 bits per heavy atom. The molecule has 0 radical (unpaired) electrons. The highest BCUT2D eigenvalue weighted by Crippen LogP contribution is 2.29. The minimum absolute atomic E-state index is 0.0394. The van der Waals surface area contributed by atoms with Gasteiger partial charge in [-0.25, -0.2) is 0 Å². The molecule has 0 aliphatic carbocycles. The van der Waals surface area contributed by atoms with Gasteiger partial charge in [-0.1, -0.05) is 18.2 Å². The summed E-state index contributed by atoms with van der Waals surface area (Å²) in [7, 11) is 1.65. The molecule has 0 spiro atoms. The third-order valence-electron chi connectivity index (χ3n) is 5.60. The molecule has 3 aromatic rings. The summed E-state index contributed by atoms with van der Waals surface area (Å²) < 4.78 is 6.99. The maximum Gasteiger partial charge on any atom is 0.262 e. The number of fused-ring (bicyclic) bond motifs is 1. The highest BCUT2D eigenvalue weighted by molar-refractivity contribution is 7.71. The minimum atomic E-state index is -0.187. The van der Waals surface area contributed by atoms with Crippen LogP contribution in [0.5, 0.6) is 5.75 Å². The van der Waals surface area contributed by atoms with Gasteiger partial charge in [0.15, 0.2) is 4.77 Å². The molecular weight excluding hydrogens is 398 g/mol. The van der Waals surface area contributed by atoms with E-state index in [4.69, 9.17) is 17.0 Å². The van der Waals surface area contributed by atoms with Crippen LogP contribution in [0.4, 0.5) is 0 Å². The zero-order valence-corrected chi connectivity index (χ0v) is 17.6. The van der Waals surface area contributed by atoms with Crippen molar-refractivity contribution in [3.8, 4) is 5.75 Å². The fourth-order valence-electron chi connectivity index (χ4n) is 3.96. The van der Waals surface area contributed by atoms with E-state index in [2.05, 4.69) is 23.7 Å². The number of hydrogen-bond acceptors (Lipinski definition) is 4. The van der Waals surface area contributed by atoms with Crippen molar-refractivity contribution in [1.29, 1.82) is 0 Å². The third kappa shape index (κ3) is 3.68. The Labute approximate surface area is 179 Å². The molecule has 1 amide bonds. The molecule has 1 atom stereocenters. The minimum Gasteiger partial charge on any atom is -0.497 e. The van der Waals surface area contributed by atoms with Crippen molar-refractivity contribution < 1.29 is 9.53 Å². The molecule has 1 aliphatic heterocycles. The zero-order valence-electron chi connectivity index (χ0n) is 16.8. The number of amides is 1. The lowest BCUT2D eigenvalue weighted by atomic mass is 9.98. The van der Waals surface area contributed by atoms with Gasteiger partial charge in [0, 0.05) is 31.1 Å². The molecule has 1 fully saturated rings. The van der Waals surface area contributed by atoms with Gasteiger partial charge in [0.1, 0.15) is 5.75 Å². The van der Waals surface area contributed by atoms with E-state index in [1.807, 2.05) is 17.0 Å². The van der Waals surface area contributed by atoms with Gasteiger partial charge in [0.2, 0.25) is 0 Å². The Morgan fingerprint density at radius 1 is 1.30 bits per heavy atom. The topological polar surface area (TPSA) is 67.3 Å². The van der Waals surface area contributed by atoms with Crippen molar-refractivity contribution in [2.24, 2.45) is 0 Å². The van der Waals surface area contributed by atoms with Crippen LogP contribution in [0.1, 0.15) is 28.3 Å². The summed E-state index contributed by atoms with van der Waals surface area (Å²) in [6.45, 7) is 5.36. The van der Waals surface area contributed by atoms with Crippen LogP contribution >= 0.6 is 12.2 Å². The van der Waals surface area contributed by atoms with Crippen molar-refractivity contribution in [1.82, 2.24) is 14.5 Å². The fraction of sp³-hybridized carbons (Fsp3) is 0.261. The number of benzene rings is 2. The van der Waals surface area contributed by atoms with Gasteiger partial charge in [-0.05, 0) is 54.5 Å². The molecular formula is C23H23N3O3S. The molecule has 1 aromatic heterocycles. The summed E-state index contributed by atoms with van der Waals surface area (Å²) in [5.41, 5.74) is 2.14. The number of carbonyl (C=O) groups is 1. The maximum absolute atomic E-state index is 13.1. The zero-order chi connectivity index (χ0) is 21.3. The molecule has 0 bridgehead atoms. The summed E-state index contributed by atoms with van der Waals surface area (Å²) >= 11 is 5.29. The Morgan fingerprint density at radius 2 is 2.07 bits per heavy atom. The van der Waals surface area contributed by atoms with Crippen LogP contribution in [0.2, 0.25) is 0 Å². The van der Waals surface area contributed by atoms with Gasteiger partial charge in [-0.2, -0.15) is 0 Å². The van der Waals surface area contributed by atoms with E-state index >= 15 is 0 Å². The second kappa shape index (κ2) is 8.28. The quantitative estimate of drug-likeness (QED) is 0.501. The first-order valence-electron chi connectivity index (χ1n) is 9.83. The van der Waals surface area contributed by atoms with Gasteiger partial charge in [0.05, 0.1) is 18.0 Å². The number of nitrogens with zero attached hydrogens (tertiary/aromatic N) is 2. The summed E-state index contributed by atoms with van der Waals surface area (Å²) in [6.07, 6.45) is 2.54. The molecule has 0 saturated carbocycles. The van der Waals surface area contributed by atoms with E-state index in [0.717, 1.165) is 12.2 Å². The van der Waals surface area contributed by atoms with Gasteiger partial charge in [0.25, 0.3) is 11.5 Å². The van der Waals surface area contributed by atoms with Crippen molar-refractivity contribution >= 4 is 29.0 Å². The largest absolute Gasteiger partial charge is 0.497 e. The number of rotatable bonds is 5. The predicted molar refractivity (Wildman–Crippen MR) is 120 cm³/mol. The van der Waals surface area contributed by atoms with Crippen LogP contribution in [0.3, 0.4) is 0 Å². The molecule has 4 rings (SSSR count). The fourth-order valence-corrected chi connectivity index (χ4v) is 4.23. The average molecular weight is 422 g/mol. The Kier molecular flexibility index (Phi) is 5.55. The van der Waals surface area contributed by atoms with Crippen LogP contribution in [0, 0.1) is 4.77 Å². The molecule has 6 nitrogen and oxygen atoms in total. The number of ether oxygens (including phenoxy) is 1. The Balaban J connectivity index is 1.57. The number of methoxy groups -OCH3 is 1. The molecule has 2 heterocycles. The first-order chi connectivity index (χ1) is 14.5. The van der Waals surface area contributed by atoms with E-state index in [9.17, 15) is 9.59 Å². The number of nitrogens with one attached hydrogen (secondary N) is 1. The van der Waals surface area contributed by atoms with Crippen LogP contribution < -0.4 is 10.3 Å². The van der Waals surface area contributed by atoms with E-state index in [-0.39, 0.29) is 11.5 Å². The van der Waals surface area contributed by atoms with Crippen LogP contribution in [0.15, 0.2) is 59.9 Å². The van der Waals surface area contributed by atoms with E-state index in [0.29, 0.717) is 46.8 Å². The number of allylic oxidation sites excluding steroid dienone is 1. The Hall–Kier alpha value is -3.19. The molecule has 154 valence electrons. The van der Waals surface area contributed by atoms with E-state index in [1.165, 1.54) is 10.1 Å². The SMILES string of the molecule is C=CCn1c(=S)[nH]c2cc(C(=O)N3CCC(c4ccc(OC)cc4)C3)ccc2c1=O. The molecule has 1 saturated heterocycles. The predicted octanol–water partition coefficient (Wildman–Crippen LogP) is 3.88. The summed E-state index contributed by atoms with van der Waals surface area (Å²) in [6, 6.07) is 13.1. The lowest BCUT2D eigenvalue weighted by Crippen LogP contribution is -2.28. The number of aromatic amines is 1. The normalized spacial score (nSPS) is 16.0.